The second-order valence-corrected chi connectivity index (χ2v) is 10.8. The molecule has 0 atom stereocenters. The molecule has 4 aromatic rings. The molecule has 0 saturated carbocycles. The lowest BCUT2D eigenvalue weighted by atomic mass is 10.1. The van der Waals surface area contributed by atoms with Crippen molar-refractivity contribution in [2.75, 3.05) is 45.1 Å². The topological polar surface area (TPSA) is 47.8 Å². The lowest BCUT2D eigenvalue weighted by Gasteiger charge is -2.36. The van der Waals surface area contributed by atoms with Crippen molar-refractivity contribution in [3.05, 3.63) is 82.0 Å². The van der Waals surface area contributed by atoms with Gasteiger partial charge in [-0.3, -0.25) is 9.80 Å². The number of nitrogens with zero attached hydrogens (tertiary/aromatic N) is 4. The van der Waals surface area contributed by atoms with Crippen LogP contribution in [-0.4, -0.2) is 64.6 Å². The number of nitrogens with one attached hydrogen (secondary N) is 1. The predicted molar refractivity (Wildman–Crippen MR) is 153 cm³/mol. The Balaban J connectivity index is 1.18. The molecule has 1 saturated heterocycles. The van der Waals surface area contributed by atoms with Crippen LogP contribution in [0.2, 0.25) is 0 Å². The molecule has 36 heavy (non-hydrogen) atoms. The van der Waals surface area contributed by atoms with E-state index < -0.39 is 0 Å². The van der Waals surface area contributed by atoms with Gasteiger partial charge in [-0.1, -0.05) is 30.3 Å². The van der Waals surface area contributed by atoms with Crippen molar-refractivity contribution >= 4 is 45.3 Å². The Hall–Kier alpha value is -2.78. The number of aromatic nitrogens is 1. The zero-order valence-electron chi connectivity index (χ0n) is 20.9. The number of likely N-dealkylation sites (N-methyl/N-ethyl adjacent to an activating group) is 1. The van der Waals surface area contributed by atoms with Crippen LogP contribution >= 0.6 is 23.6 Å². The molecule has 1 fully saturated rings. The van der Waals surface area contributed by atoms with Gasteiger partial charge in [0, 0.05) is 67.5 Å². The lowest BCUT2D eigenvalue weighted by molar-refractivity contribution is 0.177. The van der Waals surface area contributed by atoms with E-state index in [2.05, 4.69) is 81.4 Å². The summed E-state index contributed by atoms with van der Waals surface area (Å²) in [7, 11) is 2.14. The van der Waals surface area contributed by atoms with E-state index in [0.717, 1.165) is 84.8 Å². The van der Waals surface area contributed by atoms with Crippen LogP contribution in [0.15, 0.2) is 64.5 Å². The Kier molecular flexibility index (Phi) is 7.96. The molecular formula is C28H33N5OS2. The van der Waals surface area contributed by atoms with Crippen LogP contribution in [0.5, 0.6) is 0 Å². The number of piperazine rings is 1. The molecule has 1 aliphatic rings. The van der Waals surface area contributed by atoms with Gasteiger partial charge in [-0.15, -0.1) is 11.3 Å². The first-order valence-electron chi connectivity index (χ1n) is 12.5. The first kappa shape index (κ1) is 24.9. The van der Waals surface area contributed by atoms with E-state index in [9.17, 15) is 0 Å². The molecule has 6 nitrogen and oxygen atoms in total. The maximum atomic E-state index is 6.07. The molecule has 0 spiro atoms. The van der Waals surface area contributed by atoms with Crippen LogP contribution in [0.1, 0.15) is 21.9 Å². The van der Waals surface area contributed by atoms with Crippen LogP contribution in [-0.2, 0) is 19.5 Å². The van der Waals surface area contributed by atoms with Crippen LogP contribution in [0.4, 0.5) is 5.69 Å². The van der Waals surface area contributed by atoms with E-state index in [1.807, 2.05) is 17.6 Å². The smallest absolute Gasteiger partial charge is 0.173 e. The minimum atomic E-state index is 0.790. The summed E-state index contributed by atoms with van der Waals surface area (Å²) >= 11 is 7.49. The third-order valence-electron chi connectivity index (χ3n) is 6.78. The Morgan fingerprint density at radius 1 is 1.14 bits per heavy atom. The van der Waals surface area contributed by atoms with Gasteiger partial charge in [0.05, 0.1) is 6.54 Å². The molecule has 2 aromatic heterocycles. The minimum Gasteiger partial charge on any atom is -0.461 e. The number of fused-ring (bicyclic) bond motifs is 1. The first-order valence-corrected chi connectivity index (χ1v) is 13.7. The van der Waals surface area contributed by atoms with Crippen LogP contribution < -0.4 is 5.32 Å². The van der Waals surface area contributed by atoms with E-state index in [1.54, 1.807) is 11.3 Å². The predicted octanol–water partition coefficient (Wildman–Crippen LogP) is 5.39. The second kappa shape index (κ2) is 11.5. The van der Waals surface area contributed by atoms with Crippen molar-refractivity contribution in [2.24, 2.45) is 0 Å². The van der Waals surface area contributed by atoms with Gasteiger partial charge in [-0.05, 0) is 56.4 Å². The monoisotopic (exact) mass is 519 g/mol. The molecule has 5 rings (SSSR count). The van der Waals surface area contributed by atoms with Crippen molar-refractivity contribution in [1.29, 1.82) is 0 Å². The number of rotatable bonds is 8. The average Bonchev–Trinajstić information content (AvgIpc) is 3.50. The summed E-state index contributed by atoms with van der Waals surface area (Å²) in [4.78, 5) is 11.5. The Labute approximate surface area is 222 Å². The molecule has 1 aliphatic heterocycles. The molecular weight excluding hydrogens is 486 g/mol. The van der Waals surface area contributed by atoms with Gasteiger partial charge < -0.3 is 14.6 Å². The third-order valence-corrected chi connectivity index (χ3v) is 7.91. The number of anilines is 1. The fourth-order valence-corrected chi connectivity index (χ4v) is 5.75. The van der Waals surface area contributed by atoms with Crippen molar-refractivity contribution in [3.63, 3.8) is 0 Å². The number of aryl methyl sites for hydroxylation is 1. The highest BCUT2D eigenvalue weighted by molar-refractivity contribution is 7.80. The van der Waals surface area contributed by atoms with Crippen LogP contribution in [0.25, 0.3) is 11.0 Å². The molecule has 0 bridgehead atoms. The SMILES string of the molecule is Cc1oc2ccc(NC(=S)N3CCN(Cc4ccccc4)CC3)cc2c1CCN(C)Cc1nccs1. The zero-order chi connectivity index (χ0) is 24.9. The summed E-state index contributed by atoms with van der Waals surface area (Å²) in [6.07, 6.45) is 2.79. The quantitative estimate of drug-likeness (QED) is 0.313. The van der Waals surface area contributed by atoms with Gasteiger partial charge in [0.2, 0.25) is 0 Å². The standard InChI is InChI=1S/C28H33N5OS2/c1-21-24(10-12-31(2)20-27-29-11-17-36-27)25-18-23(8-9-26(25)34-21)30-28(35)33-15-13-32(14-16-33)19-22-6-4-3-5-7-22/h3-9,11,17-18H,10,12-16,19-20H2,1-2H3,(H,30,35). The van der Waals surface area contributed by atoms with Crippen molar-refractivity contribution < 1.29 is 4.42 Å². The van der Waals surface area contributed by atoms with Gasteiger partial charge in [-0.2, -0.15) is 0 Å². The molecule has 0 radical (unpaired) electrons. The summed E-state index contributed by atoms with van der Waals surface area (Å²) in [6.45, 7) is 8.75. The van der Waals surface area contributed by atoms with E-state index in [1.165, 1.54) is 11.1 Å². The summed E-state index contributed by atoms with van der Waals surface area (Å²) in [6, 6.07) is 17.0. The van der Waals surface area contributed by atoms with Gasteiger partial charge >= 0.3 is 0 Å². The Bertz CT molecular complexity index is 1280. The maximum absolute atomic E-state index is 6.07. The molecule has 3 heterocycles. The molecule has 2 aromatic carbocycles. The second-order valence-electron chi connectivity index (χ2n) is 9.44. The zero-order valence-corrected chi connectivity index (χ0v) is 22.6. The van der Waals surface area contributed by atoms with Crippen LogP contribution in [0, 0.1) is 6.92 Å². The molecule has 188 valence electrons. The Morgan fingerprint density at radius 2 is 1.94 bits per heavy atom. The highest BCUT2D eigenvalue weighted by Crippen LogP contribution is 2.29. The first-order chi connectivity index (χ1) is 17.5. The number of furan rings is 1. The lowest BCUT2D eigenvalue weighted by Crippen LogP contribution is -2.49. The minimum absolute atomic E-state index is 0.790. The summed E-state index contributed by atoms with van der Waals surface area (Å²) in [5.74, 6) is 0.988. The fourth-order valence-electron chi connectivity index (χ4n) is 4.76. The maximum Gasteiger partial charge on any atom is 0.173 e. The largest absolute Gasteiger partial charge is 0.461 e. The van der Waals surface area contributed by atoms with Crippen molar-refractivity contribution in [3.8, 4) is 0 Å². The van der Waals surface area contributed by atoms with E-state index in [4.69, 9.17) is 16.6 Å². The fraction of sp³-hybridized carbons (Fsp3) is 0.357. The molecule has 1 N–H and O–H groups in total. The van der Waals surface area contributed by atoms with Crippen LogP contribution in [0.3, 0.4) is 0 Å². The van der Waals surface area contributed by atoms with Gasteiger partial charge in [0.25, 0.3) is 0 Å². The third kappa shape index (κ3) is 6.13. The summed E-state index contributed by atoms with van der Waals surface area (Å²) < 4.78 is 6.07. The highest BCUT2D eigenvalue weighted by Gasteiger charge is 2.20. The Morgan fingerprint density at radius 3 is 2.69 bits per heavy atom. The number of thiocarbonyl (C=S) groups is 1. The normalized spacial score (nSPS) is 14.6. The van der Waals surface area contributed by atoms with E-state index in [-0.39, 0.29) is 0 Å². The number of thiazole rings is 1. The van der Waals surface area contributed by atoms with Gasteiger partial charge in [-0.25, -0.2) is 4.98 Å². The molecule has 0 aliphatic carbocycles. The molecule has 8 heteroatoms. The van der Waals surface area contributed by atoms with Gasteiger partial charge in [0.1, 0.15) is 16.4 Å². The van der Waals surface area contributed by atoms with Crippen molar-refractivity contribution in [2.45, 2.75) is 26.4 Å². The molecule has 0 unspecified atom stereocenters. The van der Waals surface area contributed by atoms with Crippen molar-refractivity contribution in [1.82, 2.24) is 19.7 Å². The number of benzene rings is 2. The highest BCUT2D eigenvalue weighted by atomic mass is 32.1. The van der Waals surface area contributed by atoms with Gasteiger partial charge in [0.15, 0.2) is 5.11 Å². The van der Waals surface area contributed by atoms with E-state index in [0.29, 0.717) is 0 Å². The number of hydrogen-bond acceptors (Lipinski definition) is 6. The summed E-state index contributed by atoms with van der Waals surface area (Å²) in [5.41, 5.74) is 4.56. The summed E-state index contributed by atoms with van der Waals surface area (Å²) in [5, 5.41) is 8.61. The average molecular weight is 520 g/mol. The molecule has 0 amide bonds. The number of hydrogen-bond donors (Lipinski definition) is 1. The van der Waals surface area contributed by atoms with E-state index >= 15 is 0 Å².